The summed E-state index contributed by atoms with van der Waals surface area (Å²) in [7, 11) is 1.39. The Labute approximate surface area is 139 Å². The number of alkyl halides is 3. The molecule has 0 aliphatic rings. The second-order valence-corrected chi connectivity index (χ2v) is 5.30. The van der Waals surface area contributed by atoms with Crippen LogP contribution in [0.2, 0.25) is 0 Å². The van der Waals surface area contributed by atoms with Crippen molar-refractivity contribution in [2.45, 2.75) is 13.1 Å². The Hall–Kier alpha value is -3.17. The van der Waals surface area contributed by atoms with Crippen LogP contribution in [0.1, 0.15) is 27.2 Å². The van der Waals surface area contributed by atoms with Crippen molar-refractivity contribution in [1.82, 2.24) is 24.5 Å². The second-order valence-electron chi connectivity index (χ2n) is 5.30. The Balaban J connectivity index is 2.17. The van der Waals surface area contributed by atoms with Gasteiger partial charge in [0.15, 0.2) is 0 Å². The molecule has 0 aliphatic heterocycles. The first-order chi connectivity index (χ1) is 11.7. The standard InChI is InChI=1S/C15H12F3N5O2/c1-8-12(14(25)22(2)21-8)13(24)10-4-3-9(23-7-19-6-20-23)5-11(10)15(16,17)18/h3-7,25H,1-2H3. The third-order valence-corrected chi connectivity index (χ3v) is 3.66. The van der Waals surface area contributed by atoms with Crippen LogP contribution in [0.3, 0.4) is 0 Å². The van der Waals surface area contributed by atoms with E-state index in [-0.39, 0.29) is 16.9 Å². The Morgan fingerprint density at radius 3 is 2.52 bits per heavy atom. The zero-order valence-electron chi connectivity index (χ0n) is 13.1. The largest absolute Gasteiger partial charge is 0.493 e. The van der Waals surface area contributed by atoms with Gasteiger partial charge in [-0.2, -0.15) is 23.4 Å². The van der Waals surface area contributed by atoms with E-state index >= 15 is 0 Å². The van der Waals surface area contributed by atoms with Crippen LogP contribution in [0, 0.1) is 6.92 Å². The SMILES string of the molecule is Cc1nn(C)c(O)c1C(=O)c1ccc(-n2cncn2)cc1C(F)(F)F. The molecule has 7 nitrogen and oxygen atoms in total. The van der Waals surface area contributed by atoms with Gasteiger partial charge in [0, 0.05) is 12.6 Å². The molecule has 0 aliphatic carbocycles. The van der Waals surface area contributed by atoms with Crippen molar-refractivity contribution in [2.24, 2.45) is 7.05 Å². The van der Waals surface area contributed by atoms with Crippen LogP contribution in [0.4, 0.5) is 13.2 Å². The number of hydrogen-bond acceptors (Lipinski definition) is 5. The molecule has 2 heterocycles. The maximum absolute atomic E-state index is 13.5. The molecule has 0 fully saturated rings. The Morgan fingerprint density at radius 1 is 1.28 bits per heavy atom. The van der Waals surface area contributed by atoms with E-state index < -0.39 is 29.0 Å². The highest BCUT2D eigenvalue weighted by Gasteiger charge is 2.37. The van der Waals surface area contributed by atoms with Gasteiger partial charge in [-0.25, -0.2) is 14.3 Å². The third-order valence-electron chi connectivity index (χ3n) is 3.66. The summed E-state index contributed by atoms with van der Waals surface area (Å²) in [5.41, 5.74) is -1.73. The molecule has 10 heteroatoms. The number of halogens is 3. The number of nitrogens with zero attached hydrogens (tertiary/aromatic N) is 5. The Bertz CT molecular complexity index is 945. The highest BCUT2D eigenvalue weighted by molar-refractivity contribution is 6.12. The van der Waals surface area contributed by atoms with Gasteiger partial charge >= 0.3 is 6.18 Å². The van der Waals surface area contributed by atoms with E-state index in [1.165, 1.54) is 32.7 Å². The lowest BCUT2D eigenvalue weighted by molar-refractivity contribution is -0.137. The van der Waals surface area contributed by atoms with Gasteiger partial charge in [0.05, 0.1) is 16.9 Å². The lowest BCUT2D eigenvalue weighted by Crippen LogP contribution is -2.15. The number of rotatable bonds is 3. The minimum Gasteiger partial charge on any atom is -0.493 e. The van der Waals surface area contributed by atoms with Crippen molar-refractivity contribution in [3.63, 3.8) is 0 Å². The number of ketones is 1. The predicted octanol–water partition coefficient (Wildman–Crippen LogP) is 2.26. The molecule has 0 radical (unpaired) electrons. The summed E-state index contributed by atoms with van der Waals surface area (Å²) in [5, 5.41) is 17.5. The molecule has 1 N–H and O–H groups in total. The average molecular weight is 351 g/mol. The van der Waals surface area contributed by atoms with E-state index in [2.05, 4.69) is 15.2 Å². The molecule has 3 aromatic rings. The van der Waals surface area contributed by atoms with Crippen LogP contribution in [-0.4, -0.2) is 35.4 Å². The van der Waals surface area contributed by atoms with E-state index in [1.54, 1.807) is 0 Å². The molecule has 0 unspecified atom stereocenters. The van der Waals surface area contributed by atoms with Crippen LogP contribution in [-0.2, 0) is 13.2 Å². The predicted molar refractivity (Wildman–Crippen MR) is 79.4 cm³/mol. The van der Waals surface area contributed by atoms with Crippen LogP contribution in [0.5, 0.6) is 5.88 Å². The number of carbonyl (C=O) groups is 1. The molecule has 3 rings (SSSR count). The van der Waals surface area contributed by atoms with E-state index in [0.29, 0.717) is 0 Å². The average Bonchev–Trinajstić information content (AvgIpc) is 3.15. The number of aromatic hydroxyl groups is 1. The highest BCUT2D eigenvalue weighted by Crippen LogP contribution is 2.35. The molecule has 0 spiro atoms. The number of benzene rings is 1. The van der Waals surface area contributed by atoms with Crippen LogP contribution >= 0.6 is 0 Å². The normalized spacial score (nSPS) is 11.7. The Morgan fingerprint density at radius 2 is 2.00 bits per heavy atom. The van der Waals surface area contributed by atoms with E-state index in [4.69, 9.17) is 0 Å². The number of aromatic nitrogens is 5. The molecule has 0 amide bonds. The molecule has 0 saturated heterocycles. The first-order valence-corrected chi connectivity index (χ1v) is 7.03. The molecular weight excluding hydrogens is 339 g/mol. The maximum Gasteiger partial charge on any atom is 0.417 e. The Kier molecular flexibility index (Phi) is 3.82. The first-order valence-electron chi connectivity index (χ1n) is 7.03. The summed E-state index contributed by atoms with van der Waals surface area (Å²) >= 11 is 0. The molecule has 0 atom stereocenters. The van der Waals surface area contributed by atoms with Gasteiger partial charge in [0.2, 0.25) is 11.7 Å². The van der Waals surface area contributed by atoms with Crippen LogP contribution in [0.15, 0.2) is 30.9 Å². The number of carbonyl (C=O) groups excluding carboxylic acids is 1. The summed E-state index contributed by atoms with van der Waals surface area (Å²) in [6, 6.07) is 3.18. The summed E-state index contributed by atoms with van der Waals surface area (Å²) in [6.45, 7) is 1.43. The van der Waals surface area contributed by atoms with Gasteiger partial charge in [-0.05, 0) is 25.1 Å². The van der Waals surface area contributed by atoms with E-state index in [1.807, 2.05) is 0 Å². The number of hydrogen-bond donors (Lipinski definition) is 1. The molecule has 2 aromatic heterocycles. The van der Waals surface area contributed by atoms with Gasteiger partial charge in [-0.3, -0.25) is 4.79 Å². The summed E-state index contributed by atoms with van der Waals surface area (Å²) in [6.07, 6.45) is -2.34. The summed E-state index contributed by atoms with van der Waals surface area (Å²) in [5.74, 6) is -1.45. The van der Waals surface area contributed by atoms with Crippen molar-refractivity contribution < 1.29 is 23.1 Å². The van der Waals surface area contributed by atoms with E-state index in [9.17, 15) is 23.1 Å². The monoisotopic (exact) mass is 351 g/mol. The van der Waals surface area contributed by atoms with Gasteiger partial charge < -0.3 is 5.11 Å². The molecule has 0 bridgehead atoms. The number of aryl methyl sites for hydroxylation is 2. The van der Waals surface area contributed by atoms with Gasteiger partial charge in [0.25, 0.3) is 0 Å². The maximum atomic E-state index is 13.5. The molecular formula is C15H12F3N5O2. The van der Waals surface area contributed by atoms with E-state index in [0.717, 1.165) is 21.5 Å². The third kappa shape index (κ3) is 2.86. The smallest absolute Gasteiger partial charge is 0.417 e. The topological polar surface area (TPSA) is 85.8 Å². The first kappa shape index (κ1) is 16.7. The fourth-order valence-corrected chi connectivity index (χ4v) is 2.50. The minimum atomic E-state index is -4.77. The summed E-state index contributed by atoms with van der Waals surface area (Å²) < 4.78 is 42.6. The fraction of sp³-hybridized carbons (Fsp3) is 0.200. The molecule has 130 valence electrons. The molecule has 0 saturated carbocycles. The zero-order chi connectivity index (χ0) is 18.4. The van der Waals surface area contributed by atoms with Crippen LogP contribution < -0.4 is 0 Å². The van der Waals surface area contributed by atoms with Crippen molar-refractivity contribution in [1.29, 1.82) is 0 Å². The zero-order valence-corrected chi connectivity index (χ0v) is 13.1. The van der Waals surface area contributed by atoms with Gasteiger partial charge in [0.1, 0.15) is 18.2 Å². The van der Waals surface area contributed by atoms with Crippen molar-refractivity contribution in [2.75, 3.05) is 0 Å². The lowest BCUT2D eigenvalue weighted by atomic mass is 9.97. The van der Waals surface area contributed by atoms with Gasteiger partial charge in [-0.15, -0.1) is 0 Å². The summed E-state index contributed by atoms with van der Waals surface area (Å²) in [4.78, 5) is 16.3. The molecule has 25 heavy (non-hydrogen) atoms. The molecule has 1 aromatic carbocycles. The lowest BCUT2D eigenvalue weighted by Gasteiger charge is -2.14. The highest BCUT2D eigenvalue weighted by atomic mass is 19.4. The fourth-order valence-electron chi connectivity index (χ4n) is 2.50. The van der Waals surface area contributed by atoms with Crippen molar-refractivity contribution in [3.8, 4) is 11.6 Å². The van der Waals surface area contributed by atoms with Crippen LogP contribution in [0.25, 0.3) is 5.69 Å². The van der Waals surface area contributed by atoms with Gasteiger partial charge in [-0.1, -0.05) is 0 Å². The second kappa shape index (κ2) is 5.72. The minimum absolute atomic E-state index is 0.105. The van der Waals surface area contributed by atoms with Crippen molar-refractivity contribution in [3.05, 3.63) is 53.2 Å². The quantitative estimate of drug-likeness (QED) is 0.732. The van der Waals surface area contributed by atoms with Crippen molar-refractivity contribution >= 4 is 5.78 Å².